The summed E-state index contributed by atoms with van der Waals surface area (Å²) in [6, 6.07) is 0. The number of carbonyl (C=O) groups excluding carboxylic acids is 1. The van der Waals surface area contributed by atoms with Gasteiger partial charge in [-0.05, 0) is 43.9 Å². The second-order valence-corrected chi connectivity index (χ2v) is 8.50. The lowest BCUT2D eigenvalue weighted by atomic mass is 9.73. The molecule has 0 amide bonds. The summed E-state index contributed by atoms with van der Waals surface area (Å²) in [7, 11) is 0. The molecule has 0 aliphatic carbocycles. The summed E-state index contributed by atoms with van der Waals surface area (Å²) in [5.41, 5.74) is -0.343. The molecule has 0 saturated carbocycles. The Morgan fingerprint density at radius 3 is 2.43 bits per heavy atom. The quantitative estimate of drug-likeness (QED) is 0.709. The van der Waals surface area contributed by atoms with Crippen LogP contribution in [-0.2, 0) is 19.0 Å². The number of carbonyl (C=O) groups is 1. The van der Waals surface area contributed by atoms with Crippen molar-refractivity contribution in [3.05, 3.63) is 0 Å². The van der Waals surface area contributed by atoms with Gasteiger partial charge in [-0.25, -0.2) is 0 Å². The van der Waals surface area contributed by atoms with E-state index in [4.69, 9.17) is 14.2 Å². The molecule has 1 aliphatic rings. The predicted molar refractivity (Wildman–Crippen MR) is 92.4 cm³/mol. The van der Waals surface area contributed by atoms with E-state index in [1.165, 1.54) is 0 Å². The van der Waals surface area contributed by atoms with Crippen LogP contribution in [0.1, 0.15) is 67.2 Å². The maximum absolute atomic E-state index is 12.6. The van der Waals surface area contributed by atoms with Gasteiger partial charge in [0.25, 0.3) is 0 Å². The van der Waals surface area contributed by atoms with Crippen molar-refractivity contribution in [2.45, 2.75) is 73.3 Å². The second-order valence-electron chi connectivity index (χ2n) is 8.50. The minimum Gasteiger partial charge on any atom is -0.462 e. The molecule has 1 heterocycles. The average molecular weight is 328 g/mol. The Labute approximate surface area is 142 Å². The van der Waals surface area contributed by atoms with Crippen molar-refractivity contribution in [3.8, 4) is 0 Å². The van der Waals surface area contributed by atoms with Crippen LogP contribution in [0.3, 0.4) is 0 Å². The van der Waals surface area contributed by atoms with Crippen molar-refractivity contribution in [3.63, 3.8) is 0 Å². The first-order chi connectivity index (χ1) is 10.7. The van der Waals surface area contributed by atoms with Gasteiger partial charge < -0.3 is 14.2 Å². The summed E-state index contributed by atoms with van der Waals surface area (Å²) in [4.78, 5) is 12.6. The van der Waals surface area contributed by atoms with Crippen molar-refractivity contribution in [1.29, 1.82) is 0 Å². The monoisotopic (exact) mass is 328 g/mol. The van der Waals surface area contributed by atoms with E-state index in [1.54, 1.807) is 0 Å². The van der Waals surface area contributed by atoms with Crippen LogP contribution < -0.4 is 0 Å². The zero-order valence-corrected chi connectivity index (χ0v) is 15.9. The van der Waals surface area contributed by atoms with Crippen LogP contribution in [0.4, 0.5) is 0 Å². The number of hydrogen-bond acceptors (Lipinski definition) is 4. The molecule has 0 spiro atoms. The Morgan fingerprint density at radius 2 is 1.83 bits per heavy atom. The first-order valence-electron chi connectivity index (χ1n) is 9.03. The molecular weight excluding hydrogens is 292 g/mol. The fourth-order valence-electron chi connectivity index (χ4n) is 3.08. The van der Waals surface area contributed by atoms with Gasteiger partial charge in [0.05, 0.1) is 12.0 Å². The highest BCUT2D eigenvalue weighted by Crippen LogP contribution is 2.37. The van der Waals surface area contributed by atoms with Crippen LogP contribution >= 0.6 is 0 Å². The molecule has 4 heteroatoms. The largest absolute Gasteiger partial charge is 0.462 e. The fraction of sp³-hybridized carbons (Fsp3) is 0.947. The third-order valence-electron chi connectivity index (χ3n) is 4.62. The molecule has 1 saturated heterocycles. The van der Waals surface area contributed by atoms with Crippen LogP contribution in [0.2, 0.25) is 0 Å². The maximum Gasteiger partial charge on any atom is 0.311 e. The zero-order valence-electron chi connectivity index (χ0n) is 15.9. The fourth-order valence-corrected chi connectivity index (χ4v) is 3.08. The summed E-state index contributed by atoms with van der Waals surface area (Å²) >= 11 is 0. The van der Waals surface area contributed by atoms with E-state index in [0.717, 1.165) is 32.3 Å². The Hall–Kier alpha value is -0.610. The Kier molecular flexibility index (Phi) is 8.02. The molecule has 1 aliphatic heterocycles. The topological polar surface area (TPSA) is 44.8 Å². The molecule has 3 atom stereocenters. The Balaban J connectivity index is 2.52. The molecule has 4 nitrogen and oxygen atoms in total. The van der Waals surface area contributed by atoms with E-state index >= 15 is 0 Å². The molecule has 23 heavy (non-hydrogen) atoms. The standard InChI is InChI=1S/C19H36O4/c1-7-19(6,14-18(3,4)5)17(20)23-13-16-12-21-10-8-15(2)9-11-22-16/h15-16H,7-14H2,1-6H3. The maximum atomic E-state index is 12.6. The highest BCUT2D eigenvalue weighted by atomic mass is 16.6. The van der Waals surface area contributed by atoms with Crippen LogP contribution in [0.5, 0.6) is 0 Å². The average Bonchev–Trinajstić information content (AvgIpc) is 2.55. The molecule has 0 aromatic heterocycles. The molecule has 0 radical (unpaired) electrons. The molecule has 0 bridgehead atoms. The van der Waals surface area contributed by atoms with Gasteiger partial charge in [-0.1, -0.05) is 34.6 Å². The van der Waals surface area contributed by atoms with Gasteiger partial charge in [0, 0.05) is 13.2 Å². The minimum absolute atomic E-state index is 0.0949. The van der Waals surface area contributed by atoms with Gasteiger partial charge in [-0.2, -0.15) is 0 Å². The van der Waals surface area contributed by atoms with Crippen molar-refractivity contribution >= 4 is 5.97 Å². The summed E-state index contributed by atoms with van der Waals surface area (Å²) < 4.78 is 17.1. The number of rotatable bonds is 5. The lowest BCUT2D eigenvalue weighted by Gasteiger charge is -2.33. The highest BCUT2D eigenvalue weighted by Gasteiger charge is 2.37. The third kappa shape index (κ3) is 7.67. The van der Waals surface area contributed by atoms with Crippen molar-refractivity contribution in [2.75, 3.05) is 26.4 Å². The molecule has 0 N–H and O–H groups in total. The lowest BCUT2D eigenvalue weighted by Crippen LogP contribution is -2.36. The Morgan fingerprint density at radius 1 is 1.17 bits per heavy atom. The van der Waals surface area contributed by atoms with Gasteiger partial charge in [0.2, 0.25) is 0 Å². The highest BCUT2D eigenvalue weighted by molar-refractivity contribution is 5.76. The SMILES string of the molecule is CCC(C)(CC(C)(C)C)C(=O)OCC1COCCC(C)CCO1. The van der Waals surface area contributed by atoms with Crippen LogP contribution in [0.15, 0.2) is 0 Å². The molecule has 1 rings (SSSR count). The van der Waals surface area contributed by atoms with Crippen LogP contribution in [0.25, 0.3) is 0 Å². The summed E-state index contributed by atoms with van der Waals surface area (Å²) in [6.45, 7) is 15.0. The first-order valence-corrected chi connectivity index (χ1v) is 9.03. The number of hydrogen-bond donors (Lipinski definition) is 0. The number of ether oxygens (including phenoxy) is 3. The molecule has 3 unspecified atom stereocenters. The summed E-state index contributed by atoms with van der Waals surface area (Å²) in [5.74, 6) is 0.498. The van der Waals surface area contributed by atoms with Gasteiger partial charge in [-0.15, -0.1) is 0 Å². The van der Waals surface area contributed by atoms with Gasteiger partial charge >= 0.3 is 5.97 Å². The normalized spacial score (nSPS) is 26.5. The van der Waals surface area contributed by atoms with E-state index in [-0.39, 0.29) is 24.1 Å². The molecule has 136 valence electrons. The van der Waals surface area contributed by atoms with Crippen LogP contribution in [0, 0.1) is 16.7 Å². The van der Waals surface area contributed by atoms with E-state index in [0.29, 0.717) is 19.1 Å². The molecule has 1 fully saturated rings. The summed E-state index contributed by atoms with van der Waals surface area (Å²) in [6.07, 6.45) is 3.54. The van der Waals surface area contributed by atoms with E-state index in [9.17, 15) is 4.79 Å². The van der Waals surface area contributed by atoms with Crippen molar-refractivity contribution < 1.29 is 19.0 Å². The van der Waals surface area contributed by atoms with E-state index in [2.05, 4.69) is 27.7 Å². The number of esters is 1. The Bertz CT molecular complexity index is 361. The van der Waals surface area contributed by atoms with Gasteiger partial charge in [0.1, 0.15) is 12.7 Å². The lowest BCUT2D eigenvalue weighted by molar-refractivity contribution is -0.162. The minimum atomic E-state index is -0.438. The molecule has 0 aromatic rings. The smallest absolute Gasteiger partial charge is 0.311 e. The first kappa shape index (κ1) is 20.4. The van der Waals surface area contributed by atoms with Crippen molar-refractivity contribution in [1.82, 2.24) is 0 Å². The molecular formula is C19H36O4. The predicted octanol–water partition coefficient (Wildman–Crippen LogP) is 4.21. The molecule has 0 aromatic carbocycles. The van der Waals surface area contributed by atoms with E-state index < -0.39 is 5.41 Å². The van der Waals surface area contributed by atoms with Crippen molar-refractivity contribution in [2.24, 2.45) is 16.7 Å². The third-order valence-corrected chi connectivity index (χ3v) is 4.62. The van der Waals surface area contributed by atoms with E-state index in [1.807, 2.05) is 13.8 Å². The zero-order chi connectivity index (χ0) is 17.5. The van der Waals surface area contributed by atoms with Gasteiger partial charge in [-0.3, -0.25) is 4.79 Å². The second kappa shape index (κ2) is 9.03. The van der Waals surface area contributed by atoms with Crippen LogP contribution in [-0.4, -0.2) is 38.5 Å². The van der Waals surface area contributed by atoms with Gasteiger partial charge in [0.15, 0.2) is 0 Å². The summed E-state index contributed by atoms with van der Waals surface area (Å²) in [5, 5.41) is 0.